The van der Waals surface area contributed by atoms with Gasteiger partial charge in [-0.15, -0.1) is 16.8 Å². The van der Waals surface area contributed by atoms with Crippen molar-refractivity contribution in [1.82, 2.24) is 10.2 Å². The molecule has 0 aliphatic carbocycles. The summed E-state index contributed by atoms with van der Waals surface area (Å²) >= 11 is 8.65. The minimum Gasteiger partial charge on any atom is -0.484 e. The minimum absolute atomic E-state index is 0.116. The lowest BCUT2D eigenvalue weighted by Crippen LogP contribution is -2.20. The molecule has 8 heteroatoms. The molecule has 2 aromatic rings. The van der Waals surface area contributed by atoms with Crippen LogP contribution in [0.1, 0.15) is 0 Å². The van der Waals surface area contributed by atoms with Crippen molar-refractivity contribution < 1.29 is 9.53 Å². The number of thioether (sulfide) groups is 1. The van der Waals surface area contributed by atoms with Crippen LogP contribution in [0.15, 0.2) is 41.3 Å². The number of halogens is 1. The van der Waals surface area contributed by atoms with Crippen molar-refractivity contribution in [3.63, 3.8) is 0 Å². The second kappa shape index (κ2) is 8.02. The fraction of sp³-hybridized carbons (Fsp3) is 0.154. The van der Waals surface area contributed by atoms with Crippen molar-refractivity contribution in [1.29, 1.82) is 0 Å². The van der Waals surface area contributed by atoms with Crippen molar-refractivity contribution >= 4 is 45.7 Å². The maximum absolute atomic E-state index is 11.7. The van der Waals surface area contributed by atoms with Gasteiger partial charge in [-0.05, 0) is 18.2 Å². The van der Waals surface area contributed by atoms with Crippen LogP contribution in [0.5, 0.6) is 5.75 Å². The topological polar surface area (TPSA) is 64.1 Å². The van der Waals surface area contributed by atoms with Crippen LogP contribution in [-0.4, -0.2) is 28.5 Å². The molecule has 1 aromatic carbocycles. The molecule has 21 heavy (non-hydrogen) atoms. The molecule has 1 amide bonds. The molecule has 0 saturated carbocycles. The van der Waals surface area contributed by atoms with Gasteiger partial charge in [0, 0.05) is 10.8 Å². The summed E-state index contributed by atoms with van der Waals surface area (Å²) in [6, 6.07) is 6.86. The van der Waals surface area contributed by atoms with Gasteiger partial charge in [-0.2, -0.15) is 0 Å². The number of nitrogens with one attached hydrogen (secondary N) is 1. The van der Waals surface area contributed by atoms with Crippen LogP contribution >= 0.6 is 34.7 Å². The van der Waals surface area contributed by atoms with Crippen LogP contribution in [0.2, 0.25) is 5.02 Å². The number of hydrogen-bond acceptors (Lipinski definition) is 6. The first kappa shape index (κ1) is 15.8. The highest BCUT2D eigenvalue weighted by molar-refractivity contribution is 8.01. The summed E-state index contributed by atoms with van der Waals surface area (Å²) in [4.78, 5) is 11.7. The molecule has 5 nitrogen and oxygen atoms in total. The van der Waals surface area contributed by atoms with Crippen LogP contribution in [0, 0.1) is 0 Å². The van der Waals surface area contributed by atoms with Gasteiger partial charge in [-0.1, -0.05) is 46.8 Å². The summed E-state index contributed by atoms with van der Waals surface area (Å²) in [6.45, 7) is 3.51. The molecule has 0 atom stereocenters. The number of benzene rings is 1. The largest absolute Gasteiger partial charge is 0.484 e. The first-order chi connectivity index (χ1) is 10.2. The van der Waals surface area contributed by atoms with E-state index in [0.29, 0.717) is 15.9 Å². The number of rotatable bonds is 7. The minimum atomic E-state index is -0.300. The predicted molar refractivity (Wildman–Crippen MR) is 86.4 cm³/mol. The van der Waals surface area contributed by atoms with E-state index in [1.54, 1.807) is 30.3 Å². The average molecular weight is 342 g/mol. The predicted octanol–water partition coefficient (Wildman–Crippen LogP) is 3.49. The van der Waals surface area contributed by atoms with Crippen LogP contribution in [0.25, 0.3) is 0 Å². The maximum Gasteiger partial charge on any atom is 0.264 e. The van der Waals surface area contributed by atoms with Crippen molar-refractivity contribution in [3.8, 4) is 5.75 Å². The Morgan fingerprint density at radius 3 is 3.14 bits per heavy atom. The van der Waals surface area contributed by atoms with Gasteiger partial charge < -0.3 is 4.74 Å². The lowest BCUT2D eigenvalue weighted by molar-refractivity contribution is -0.118. The van der Waals surface area contributed by atoms with E-state index in [1.165, 1.54) is 23.1 Å². The second-order valence-corrected chi connectivity index (χ2v) is 6.45. The Labute approximate surface area is 135 Å². The van der Waals surface area contributed by atoms with Crippen LogP contribution in [-0.2, 0) is 4.79 Å². The van der Waals surface area contributed by atoms with E-state index in [4.69, 9.17) is 16.3 Å². The van der Waals surface area contributed by atoms with Gasteiger partial charge in [-0.25, -0.2) is 0 Å². The molecular formula is C13H12ClN3O2S2. The van der Waals surface area contributed by atoms with Gasteiger partial charge in [0.1, 0.15) is 5.75 Å². The summed E-state index contributed by atoms with van der Waals surface area (Å²) in [5.41, 5.74) is 0. The number of aromatic nitrogens is 2. The summed E-state index contributed by atoms with van der Waals surface area (Å²) in [7, 11) is 0. The van der Waals surface area contributed by atoms with E-state index in [1.807, 2.05) is 0 Å². The maximum atomic E-state index is 11.7. The van der Waals surface area contributed by atoms with E-state index >= 15 is 0 Å². The normalized spacial score (nSPS) is 10.1. The molecule has 0 aliphatic heterocycles. The number of amides is 1. The third kappa shape index (κ3) is 5.37. The molecule has 1 heterocycles. The highest BCUT2D eigenvalue weighted by Crippen LogP contribution is 2.25. The van der Waals surface area contributed by atoms with Crippen LogP contribution in [0.4, 0.5) is 5.13 Å². The fourth-order valence-electron chi connectivity index (χ4n) is 1.31. The number of ether oxygens (including phenoxy) is 1. The van der Waals surface area contributed by atoms with Crippen LogP contribution in [0.3, 0.4) is 0 Å². The summed E-state index contributed by atoms with van der Waals surface area (Å²) in [6.07, 6.45) is 1.78. The molecule has 0 bridgehead atoms. The number of carbonyl (C=O) groups excluding carboxylic acids is 1. The molecule has 0 spiro atoms. The van der Waals surface area contributed by atoms with E-state index in [9.17, 15) is 4.79 Å². The molecule has 0 aliphatic rings. The SMILES string of the molecule is C=CCSc1nnc(NC(=O)COc2cccc(Cl)c2)s1. The highest BCUT2D eigenvalue weighted by atomic mass is 35.5. The second-order valence-electron chi connectivity index (χ2n) is 3.77. The molecule has 2 rings (SSSR count). The standard InChI is InChI=1S/C13H12ClN3O2S2/c1-2-6-20-13-17-16-12(21-13)15-11(18)8-19-10-5-3-4-9(14)7-10/h2-5,7H,1,6,8H2,(H,15,16,18). The molecule has 0 unspecified atom stereocenters. The summed E-state index contributed by atoms with van der Waals surface area (Å²) < 4.78 is 6.11. The van der Waals surface area contributed by atoms with E-state index in [-0.39, 0.29) is 12.5 Å². The Morgan fingerprint density at radius 1 is 1.52 bits per heavy atom. The third-order valence-electron chi connectivity index (χ3n) is 2.14. The lowest BCUT2D eigenvalue weighted by Gasteiger charge is -2.05. The number of anilines is 1. The zero-order chi connectivity index (χ0) is 15.1. The van der Waals surface area contributed by atoms with Gasteiger partial charge in [-0.3, -0.25) is 10.1 Å². The number of carbonyl (C=O) groups is 1. The summed E-state index contributed by atoms with van der Waals surface area (Å²) in [5.74, 6) is 0.990. The molecule has 0 fully saturated rings. The smallest absolute Gasteiger partial charge is 0.264 e. The fourth-order valence-corrected chi connectivity index (χ4v) is 3.02. The molecule has 1 aromatic heterocycles. The zero-order valence-corrected chi connectivity index (χ0v) is 13.3. The van der Waals surface area contributed by atoms with E-state index < -0.39 is 0 Å². The van der Waals surface area contributed by atoms with Crippen molar-refractivity contribution in [2.24, 2.45) is 0 Å². The Morgan fingerprint density at radius 2 is 2.38 bits per heavy atom. The monoisotopic (exact) mass is 341 g/mol. The highest BCUT2D eigenvalue weighted by Gasteiger charge is 2.09. The van der Waals surface area contributed by atoms with Gasteiger partial charge >= 0.3 is 0 Å². The molecule has 110 valence electrons. The van der Waals surface area contributed by atoms with Gasteiger partial charge in [0.2, 0.25) is 5.13 Å². The Kier molecular flexibility index (Phi) is 6.04. The summed E-state index contributed by atoms with van der Waals surface area (Å²) in [5, 5.41) is 11.5. The average Bonchev–Trinajstić information content (AvgIpc) is 2.90. The quantitative estimate of drug-likeness (QED) is 0.474. The zero-order valence-electron chi connectivity index (χ0n) is 10.9. The molecular weight excluding hydrogens is 330 g/mol. The van der Waals surface area contributed by atoms with Gasteiger partial charge in [0.15, 0.2) is 10.9 Å². The lowest BCUT2D eigenvalue weighted by atomic mass is 10.3. The van der Waals surface area contributed by atoms with Crippen molar-refractivity contribution in [2.75, 3.05) is 17.7 Å². The first-order valence-electron chi connectivity index (χ1n) is 5.93. The molecule has 0 saturated heterocycles. The Balaban J connectivity index is 1.81. The molecule has 1 N–H and O–H groups in total. The van der Waals surface area contributed by atoms with Crippen molar-refractivity contribution in [3.05, 3.63) is 41.9 Å². The Hall–Kier alpha value is -1.57. The number of nitrogens with zero attached hydrogens (tertiary/aromatic N) is 2. The van der Waals surface area contributed by atoms with E-state index in [2.05, 4.69) is 22.1 Å². The van der Waals surface area contributed by atoms with Crippen molar-refractivity contribution in [2.45, 2.75) is 4.34 Å². The van der Waals surface area contributed by atoms with Crippen LogP contribution < -0.4 is 10.1 Å². The Bertz CT molecular complexity index is 633. The van der Waals surface area contributed by atoms with Gasteiger partial charge in [0.05, 0.1) is 0 Å². The number of hydrogen-bond donors (Lipinski definition) is 1. The first-order valence-corrected chi connectivity index (χ1v) is 8.11. The van der Waals surface area contributed by atoms with E-state index in [0.717, 1.165) is 10.1 Å². The third-order valence-corrected chi connectivity index (χ3v) is 4.35. The molecule has 0 radical (unpaired) electrons. The van der Waals surface area contributed by atoms with Gasteiger partial charge in [0.25, 0.3) is 5.91 Å².